The summed E-state index contributed by atoms with van der Waals surface area (Å²) in [5.74, 6) is 1.51. The van der Waals surface area contributed by atoms with E-state index in [0.717, 1.165) is 27.3 Å². The van der Waals surface area contributed by atoms with E-state index in [1.807, 2.05) is 30.3 Å². The largest absolute Gasteiger partial charge is 0.493 e. The van der Waals surface area contributed by atoms with E-state index in [1.165, 1.54) is 4.88 Å². The molecule has 0 amide bonds. The Hall–Kier alpha value is -1.04. The van der Waals surface area contributed by atoms with Gasteiger partial charge in [-0.05, 0) is 58.7 Å². The molecule has 0 aliphatic heterocycles. The predicted molar refractivity (Wildman–Crippen MR) is 82.1 cm³/mol. The molecule has 0 fully saturated rings. The van der Waals surface area contributed by atoms with Crippen molar-refractivity contribution in [3.63, 3.8) is 0 Å². The van der Waals surface area contributed by atoms with Crippen molar-refractivity contribution >= 4 is 27.3 Å². The molecule has 19 heavy (non-hydrogen) atoms. The molecule has 0 aliphatic carbocycles. The van der Waals surface area contributed by atoms with E-state index in [0.29, 0.717) is 13.2 Å². The highest BCUT2D eigenvalue weighted by Gasteiger charge is 2.07. The standard InChI is InChI=1S/C14H16BrNO2S/c1-17-13-8-10(6-7-16)2-4-12(13)18-9-11-3-5-14(15)19-11/h2-5,8H,6-7,9,16H2,1H3. The third-order valence-corrected chi connectivity index (χ3v) is 4.26. The summed E-state index contributed by atoms with van der Waals surface area (Å²) in [5.41, 5.74) is 6.71. The van der Waals surface area contributed by atoms with Gasteiger partial charge in [-0.15, -0.1) is 11.3 Å². The molecule has 1 heterocycles. The van der Waals surface area contributed by atoms with Crippen LogP contribution in [0.5, 0.6) is 11.5 Å². The molecule has 3 nitrogen and oxygen atoms in total. The van der Waals surface area contributed by atoms with Gasteiger partial charge in [0.1, 0.15) is 6.61 Å². The molecule has 0 aliphatic rings. The minimum Gasteiger partial charge on any atom is -0.493 e. The average Bonchev–Trinajstić information content (AvgIpc) is 2.83. The molecule has 1 aromatic carbocycles. The van der Waals surface area contributed by atoms with E-state index in [9.17, 15) is 0 Å². The van der Waals surface area contributed by atoms with Crippen LogP contribution in [0.1, 0.15) is 10.4 Å². The molecule has 5 heteroatoms. The minimum absolute atomic E-state index is 0.545. The van der Waals surface area contributed by atoms with Crippen LogP contribution in [-0.4, -0.2) is 13.7 Å². The smallest absolute Gasteiger partial charge is 0.161 e. The maximum atomic E-state index is 5.79. The van der Waals surface area contributed by atoms with Crippen molar-refractivity contribution in [1.82, 2.24) is 0 Å². The van der Waals surface area contributed by atoms with Crippen LogP contribution in [0, 0.1) is 0 Å². The van der Waals surface area contributed by atoms with Crippen molar-refractivity contribution in [3.8, 4) is 11.5 Å². The van der Waals surface area contributed by atoms with Crippen molar-refractivity contribution in [2.24, 2.45) is 5.73 Å². The molecule has 2 N–H and O–H groups in total. The molecule has 0 bridgehead atoms. The first-order valence-corrected chi connectivity index (χ1v) is 7.58. The lowest BCUT2D eigenvalue weighted by Crippen LogP contribution is -2.03. The highest BCUT2D eigenvalue weighted by molar-refractivity contribution is 9.11. The summed E-state index contributed by atoms with van der Waals surface area (Å²) in [7, 11) is 1.65. The number of nitrogens with two attached hydrogens (primary N) is 1. The summed E-state index contributed by atoms with van der Waals surface area (Å²) in [6.45, 7) is 1.18. The topological polar surface area (TPSA) is 44.5 Å². The Labute approximate surface area is 125 Å². The van der Waals surface area contributed by atoms with Gasteiger partial charge in [0.05, 0.1) is 10.9 Å². The number of benzene rings is 1. The van der Waals surface area contributed by atoms with Crippen molar-refractivity contribution < 1.29 is 9.47 Å². The van der Waals surface area contributed by atoms with Gasteiger partial charge in [0.25, 0.3) is 0 Å². The fourth-order valence-corrected chi connectivity index (χ4v) is 3.13. The summed E-state index contributed by atoms with van der Waals surface area (Å²) < 4.78 is 12.3. The first-order chi connectivity index (χ1) is 9.22. The van der Waals surface area contributed by atoms with Crippen molar-refractivity contribution in [2.45, 2.75) is 13.0 Å². The van der Waals surface area contributed by atoms with Crippen molar-refractivity contribution in [1.29, 1.82) is 0 Å². The van der Waals surface area contributed by atoms with Crippen LogP contribution >= 0.6 is 27.3 Å². The third kappa shape index (κ3) is 3.96. The van der Waals surface area contributed by atoms with Gasteiger partial charge in [0, 0.05) is 4.88 Å². The van der Waals surface area contributed by atoms with E-state index >= 15 is 0 Å². The summed E-state index contributed by atoms with van der Waals surface area (Å²) in [6.07, 6.45) is 0.842. The maximum Gasteiger partial charge on any atom is 0.161 e. The van der Waals surface area contributed by atoms with Crippen LogP contribution in [0.3, 0.4) is 0 Å². The fourth-order valence-electron chi connectivity index (χ4n) is 1.73. The predicted octanol–water partition coefficient (Wildman–Crippen LogP) is 3.60. The van der Waals surface area contributed by atoms with E-state index in [-0.39, 0.29) is 0 Å². The molecule has 2 aromatic rings. The highest BCUT2D eigenvalue weighted by atomic mass is 79.9. The lowest BCUT2D eigenvalue weighted by atomic mass is 10.1. The van der Waals surface area contributed by atoms with Gasteiger partial charge in [0.2, 0.25) is 0 Å². The molecule has 1 aromatic heterocycles. The normalized spacial score (nSPS) is 10.5. The van der Waals surface area contributed by atoms with Crippen LogP contribution in [0.4, 0.5) is 0 Å². The van der Waals surface area contributed by atoms with E-state index in [2.05, 4.69) is 15.9 Å². The third-order valence-electron chi connectivity index (χ3n) is 2.66. The van der Waals surface area contributed by atoms with Crippen LogP contribution in [-0.2, 0) is 13.0 Å². The average molecular weight is 342 g/mol. The Morgan fingerprint density at radius 1 is 1.21 bits per heavy atom. The Morgan fingerprint density at radius 3 is 2.68 bits per heavy atom. The monoisotopic (exact) mass is 341 g/mol. The summed E-state index contributed by atoms with van der Waals surface area (Å²) in [5, 5.41) is 0. The number of ether oxygens (including phenoxy) is 2. The van der Waals surface area contributed by atoms with Gasteiger partial charge in [0.15, 0.2) is 11.5 Å². The van der Waals surface area contributed by atoms with Crippen LogP contribution in [0.2, 0.25) is 0 Å². The molecule has 0 atom stereocenters. The summed E-state index contributed by atoms with van der Waals surface area (Å²) in [4.78, 5) is 1.17. The molecule has 0 spiro atoms. The van der Waals surface area contributed by atoms with E-state index in [4.69, 9.17) is 15.2 Å². The quantitative estimate of drug-likeness (QED) is 0.872. The molecular formula is C14H16BrNO2S. The van der Waals surface area contributed by atoms with Gasteiger partial charge in [-0.2, -0.15) is 0 Å². The molecule has 0 radical (unpaired) electrons. The fraction of sp³-hybridized carbons (Fsp3) is 0.286. The number of hydrogen-bond donors (Lipinski definition) is 1. The number of methoxy groups -OCH3 is 1. The van der Waals surface area contributed by atoms with Gasteiger partial charge in [-0.25, -0.2) is 0 Å². The van der Waals surface area contributed by atoms with E-state index in [1.54, 1.807) is 18.4 Å². The van der Waals surface area contributed by atoms with Crippen LogP contribution in [0.15, 0.2) is 34.1 Å². The van der Waals surface area contributed by atoms with Gasteiger partial charge in [-0.3, -0.25) is 0 Å². The van der Waals surface area contributed by atoms with Gasteiger partial charge >= 0.3 is 0 Å². The zero-order valence-corrected chi connectivity index (χ0v) is 13.1. The first kappa shape index (κ1) is 14.4. The number of thiophene rings is 1. The zero-order chi connectivity index (χ0) is 13.7. The molecule has 0 saturated heterocycles. The van der Waals surface area contributed by atoms with E-state index < -0.39 is 0 Å². The molecule has 2 rings (SSSR count). The Bertz CT molecular complexity index is 542. The summed E-state index contributed by atoms with van der Waals surface area (Å²) in [6, 6.07) is 10.0. The van der Waals surface area contributed by atoms with Gasteiger partial charge in [-0.1, -0.05) is 6.07 Å². The number of rotatable bonds is 6. The lowest BCUT2D eigenvalue weighted by molar-refractivity contribution is 0.287. The zero-order valence-electron chi connectivity index (χ0n) is 10.7. The number of halogens is 1. The first-order valence-electron chi connectivity index (χ1n) is 5.97. The second-order valence-electron chi connectivity index (χ2n) is 4.02. The SMILES string of the molecule is COc1cc(CCN)ccc1OCc1ccc(Br)s1. The molecule has 102 valence electrons. The Kier molecular flexibility index (Phi) is 5.24. The molecule has 0 unspecified atom stereocenters. The molecule has 0 saturated carbocycles. The van der Waals surface area contributed by atoms with Crippen molar-refractivity contribution in [3.05, 3.63) is 44.6 Å². The minimum atomic E-state index is 0.545. The second-order valence-corrected chi connectivity index (χ2v) is 6.57. The molecular weight excluding hydrogens is 326 g/mol. The Morgan fingerprint density at radius 2 is 2.05 bits per heavy atom. The Balaban J connectivity index is 2.06. The van der Waals surface area contributed by atoms with Crippen LogP contribution in [0.25, 0.3) is 0 Å². The maximum absolute atomic E-state index is 5.79. The summed E-state index contributed by atoms with van der Waals surface area (Å²) >= 11 is 5.11. The van der Waals surface area contributed by atoms with Crippen molar-refractivity contribution in [2.75, 3.05) is 13.7 Å². The second kappa shape index (κ2) is 6.93. The van der Waals surface area contributed by atoms with Crippen LogP contribution < -0.4 is 15.2 Å². The lowest BCUT2D eigenvalue weighted by Gasteiger charge is -2.11. The highest BCUT2D eigenvalue weighted by Crippen LogP contribution is 2.30. The van der Waals surface area contributed by atoms with Gasteiger partial charge < -0.3 is 15.2 Å². The number of hydrogen-bond acceptors (Lipinski definition) is 4.